The highest BCUT2D eigenvalue weighted by molar-refractivity contribution is 5.68. The summed E-state index contributed by atoms with van der Waals surface area (Å²) in [6, 6.07) is 7.39. The van der Waals surface area contributed by atoms with Gasteiger partial charge in [0.15, 0.2) is 0 Å². The van der Waals surface area contributed by atoms with Gasteiger partial charge in [-0.25, -0.2) is 13.8 Å². The van der Waals surface area contributed by atoms with E-state index < -0.39 is 24.0 Å². The number of hydrogen-bond donors (Lipinski definition) is 1. The van der Waals surface area contributed by atoms with E-state index >= 15 is 8.78 Å². The lowest BCUT2D eigenvalue weighted by Crippen LogP contribution is -2.61. The zero-order chi connectivity index (χ0) is 27.1. The fourth-order valence-corrected chi connectivity index (χ4v) is 6.98. The van der Waals surface area contributed by atoms with Crippen molar-refractivity contribution in [3.8, 4) is 11.6 Å². The minimum absolute atomic E-state index is 0.0350. The van der Waals surface area contributed by atoms with Gasteiger partial charge in [0.1, 0.15) is 11.8 Å². The van der Waals surface area contributed by atoms with E-state index in [9.17, 15) is 9.90 Å². The molecule has 9 heteroatoms. The van der Waals surface area contributed by atoms with Crippen molar-refractivity contribution in [1.82, 2.24) is 9.88 Å². The van der Waals surface area contributed by atoms with Crippen molar-refractivity contribution in [3.63, 3.8) is 0 Å². The number of pyridine rings is 1. The molecule has 0 spiro atoms. The number of methoxy groups -OCH3 is 1. The first-order valence-corrected chi connectivity index (χ1v) is 14.2. The number of nitrogens with zero attached hydrogens (tertiary/aromatic N) is 3. The summed E-state index contributed by atoms with van der Waals surface area (Å²) in [4.78, 5) is 19.6. The average molecular weight is 542 g/mol. The summed E-state index contributed by atoms with van der Waals surface area (Å²) in [5, 5.41) is 9.36. The van der Waals surface area contributed by atoms with Crippen LogP contribution in [-0.4, -0.2) is 66.3 Å². The minimum Gasteiger partial charge on any atom is -0.497 e. The molecule has 4 unspecified atom stereocenters. The predicted molar refractivity (Wildman–Crippen MR) is 143 cm³/mol. The highest BCUT2D eigenvalue weighted by atomic mass is 19.3. The Morgan fingerprint density at radius 1 is 1.15 bits per heavy atom. The number of carboxylic acid groups (broad SMARTS) is 1. The highest BCUT2D eigenvalue weighted by Gasteiger charge is 2.58. The topological polar surface area (TPSA) is 75.1 Å². The van der Waals surface area contributed by atoms with Gasteiger partial charge in [-0.05, 0) is 92.6 Å². The molecule has 1 saturated carbocycles. The van der Waals surface area contributed by atoms with Gasteiger partial charge in [0.2, 0.25) is 5.88 Å². The van der Waals surface area contributed by atoms with Crippen LogP contribution < -0.4 is 14.4 Å². The maximum Gasteiger partial charge on any atom is 0.303 e. The van der Waals surface area contributed by atoms with Crippen LogP contribution in [0.15, 0.2) is 36.5 Å². The van der Waals surface area contributed by atoms with Crippen LogP contribution in [0.4, 0.5) is 14.5 Å². The van der Waals surface area contributed by atoms with Crippen LogP contribution in [0.3, 0.4) is 0 Å². The van der Waals surface area contributed by atoms with Gasteiger partial charge in [-0.1, -0.05) is 6.07 Å². The van der Waals surface area contributed by atoms with Crippen LogP contribution in [0.1, 0.15) is 68.0 Å². The number of likely N-dealkylation sites (tertiary alicyclic amines) is 1. The number of benzene rings is 1. The number of alkyl halides is 2. The Labute approximate surface area is 228 Å². The molecule has 3 aliphatic heterocycles. The second-order valence-corrected chi connectivity index (χ2v) is 11.6. The summed E-state index contributed by atoms with van der Waals surface area (Å²) in [5.41, 5.74) is 2.49. The number of aliphatic carboxylic acids is 1. The van der Waals surface area contributed by atoms with E-state index in [1.165, 1.54) is 0 Å². The molecule has 7 nitrogen and oxygen atoms in total. The number of carboxylic acids is 1. The van der Waals surface area contributed by atoms with Gasteiger partial charge in [-0.15, -0.1) is 0 Å². The number of halogens is 2. The Kier molecular flexibility index (Phi) is 7.12. The van der Waals surface area contributed by atoms with Gasteiger partial charge in [0.05, 0.1) is 26.2 Å². The van der Waals surface area contributed by atoms with Crippen LogP contribution in [0.5, 0.6) is 11.6 Å². The van der Waals surface area contributed by atoms with Crippen LogP contribution in [0, 0.1) is 11.8 Å². The van der Waals surface area contributed by atoms with Crippen molar-refractivity contribution in [3.05, 3.63) is 47.7 Å². The summed E-state index contributed by atoms with van der Waals surface area (Å²) >= 11 is 0. The third kappa shape index (κ3) is 5.17. The number of carbonyl (C=O) groups is 1. The quantitative estimate of drug-likeness (QED) is 0.449. The first-order chi connectivity index (χ1) is 18.8. The van der Waals surface area contributed by atoms with Crippen molar-refractivity contribution in [2.75, 3.05) is 38.3 Å². The average Bonchev–Trinajstić information content (AvgIpc) is 3.64. The Morgan fingerprint density at radius 2 is 1.95 bits per heavy atom. The van der Waals surface area contributed by atoms with E-state index in [2.05, 4.69) is 4.98 Å². The molecule has 4 aliphatic rings. The molecule has 1 aromatic carbocycles. The summed E-state index contributed by atoms with van der Waals surface area (Å²) in [7, 11) is 1.61. The number of ether oxygens (including phenoxy) is 2. The van der Waals surface area contributed by atoms with Crippen LogP contribution in [-0.2, 0) is 4.79 Å². The molecule has 4 atom stereocenters. The van der Waals surface area contributed by atoms with Crippen molar-refractivity contribution < 1.29 is 28.2 Å². The lowest BCUT2D eigenvalue weighted by molar-refractivity contribution is -0.137. The summed E-state index contributed by atoms with van der Waals surface area (Å²) in [6.45, 7) is 2.22. The smallest absolute Gasteiger partial charge is 0.303 e. The SMILES string of the molecule is COc1ccc2c(c1)N1CCC(COc3cc(C(CC(=O)O)C4CC4)ccn3)CC1C(F)(F)C2N1CCCC1. The van der Waals surface area contributed by atoms with Gasteiger partial charge in [0, 0.05) is 30.6 Å². The lowest BCUT2D eigenvalue weighted by atomic mass is 9.79. The monoisotopic (exact) mass is 541 g/mol. The number of anilines is 1. The molecule has 6 rings (SSSR count). The Balaban J connectivity index is 1.19. The zero-order valence-electron chi connectivity index (χ0n) is 22.4. The van der Waals surface area contributed by atoms with Gasteiger partial charge in [0.25, 0.3) is 5.92 Å². The van der Waals surface area contributed by atoms with E-state index in [0.717, 1.165) is 43.4 Å². The molecule has 3 fully saturated rings. The van der Waals surface area contributed by atoms with Crippen molar-refractivity contribution in [2.45, 2.75) is 68.9 Å². The van der Waals surface area contributed by atoms with E-state index in [1.54, 1.807) is 19.4 Å². The molecule has 0 amide bonds. The van der Waals surface area contributed by atoms with Crippen LogP contribution in [0.25, 0.3) is 0 Å². The van der Waals surface area contributed by atoms with Gasteiger partial charge in [-0.3, -0.25) is 9.69 Å². The molecule has 4 heterocycles. The zero-order valence-corrected chi connectivity index (χ0v) is 22.4. The Hall–Kier alpha value is -2.94. The predicted octanol–water partition coefficient (Wildman–Crippen LogP) is 5.51. The first kappa shape index (κ1) is 26.3. The number of hydrogen-bond acceptors (Lipinski definition) is 6. The molecular weight excluding hydrogens is 504 g/mol. The summed E-state index contributed by atoms with van der Waals surface area (Å²) in [6.07, 6.45) is 6.79. The molecule has 0 bridgehead atoms. The Morgan fingerprint density at radius 3 is 2.67 bits per heavy atom. The molecule has 0 radical (unpaired) electrons. The van der Waals surface area contributed by atoms with E-state index in [0.29, 0.717) is 55.8 Å². The van der Waals surface area contributed by atoms with Crippen molar-refractivity contribution in [2.24, 2.45) is 11.8 Å². The highest BCUT2D eigenvalue weighted by Crippen LogP contribution is 2.53. The van der Waals surface area contributed by atoms with Gasteiger partial charge < -0.3 is 19.5 Å². The van der Waals surface area contributed by atoms with Crippen LogP contribution in [0.2, 0.25) is 0 Å². The molecule has 210 valence electrons. The molecule has 39 heavy (non-hydrogen) atoms. The van der Waals surface area contributed by atoms with Crippen LogP contribution >= 0.6 is 0 Å². The molecule has 2 aromatic rings. The summed E-state index contributed by atoms with van der Waals surface area (Å²) < 4.78 is 44.3. The second kappa shape index (κ2) is 10.6. The normalized spacial score (nSPS) is 26.9. The molecule has 2 saturated heterocycles. The third-order valence-electron chi connectivity index (χ3n) is 9.11. The number of rotatable bonds is 9. The number of aromatic nitrogens is 1. The maximum absolute atomic E-state index is 16.4. The van der Waals surface area contributed by atoms with Crippen molar-refractivity contribution in [1.29, 1.82) is 0 Å². The fourth-order valence-electron chi connectivity index (χ4n) is 6.98. The molecule has 1 aromatic heterocycles. The second-order valence-electron chi connectivity index (χ2n) is 11.6. The largest absolute Gasteiger partial charge is 0.497 e. The molecule has 1 aliphatic carbocycles. The standard InChI is InChI=1S/C30H37F2N3O4/c1-38-22-6-7-23-25(16-22)35-13-9-19(14-26(35)30(31,32)29(23)34-11-2-3-12-34)18-39-27-15-21(8-10-33-27)24(17-28(36)37)20-4-5-20/h6-8,10,15-16,19-20,24,26,29H,2-5,9,11-14,17-18H2,1H3,(H,36,37). The van der Waals surface area contributed by atoms with E-state index in [1.807, 2.05) is 34.1 Å². The van der Waals surface area contributed by atoms with E-state index in [-0.39, 0.29) is 18.3 Å². The summed E-state index contributed by atoms with van der Waals surface area (Å²) in [5.74, 6) is -2.29. The minimum atomic E-state index is -2.91. The van der Waals surface area contributed by atoms with Crippen molar-refractivity contribution >= 4 is 11.7 Å². The molecule has 1 N–H and O–H groups in total. The first-order valence-electron chi connectivity index (χ1n) is 14.2. The fraction of sp³-hybridized carbons (Fsp3) is 0.600. The lowest BCUT2D eigenvalue weighted by Gasteiger charge is -2.52. The number of piperidine rings is 1. The maximum atomic E-state index is 16.4. The van der Waals surface area contributed by atoms with E-state index in [4.69, 9.17) is 9.47 Å². The Bertz CT molecular complexity index is 1200. The molecular formula is C30H37F2N3O4. The number of fused-ring (bicyclic) bond motifs is 3. The van der Waals surface area contributed by atoms with Gasteiger partial charge >= 0.3 is 5.97 Å². The third-order valence-corrected chi connectivity index (χ3v) is 9.11. The van der Waals surface area contributed by atoms with Gasteiger partial charge in [-0.2, -0.15) is 0 Å².